The zero-order valence-electron chi connectivity index (χ0n) is 17.8. The fraction of sp³-hybridized carbons (Fsp3) is 0.364. The fourth-order valence-corrected chi connectivity index (χ4v) is 3.89. The number of amides is 2. The number of anilines is 2. The molecule has 2 aromatic rings. The highest BCUT2D eigenvalue weighted by Gasteiger charge is 2.26. The van der Waals surface area contributed by atoms with E-state index in [1.807, 2.05) is 13.8 Å². The standard InChI is InChI=1S/C22H28ClN5O2/c1-5-28(6-2)8-7-25-22(30)20-12(3)18(26-13(20)4)10-15-14-9-17(24)16(23)11-19(14)27-21(15)29/h9-11,26H,5-8,24H2,1-4H3,(H,25,30)(H,27,29)/b15-10-. The number of nitrogens with one attached hydrogen (secondary N) is 3. The first-order chi connectivity index (χ1) is 14.3. The smallest absolute Gasteiger partial charge is 0.256 e. The van der Waals surface area contributed by atoms with Gasteiger partial charge in [0.15, 0.2) is 0 Å². The number of rotatable bonds is 7. The van der Waals surface area contributed by atoms with Crippen LogP contribution in [-0.2, 0) is 4.79 Å². The van der Waals surface area contributed by atoms with E-state index in [9.17, 15) is 9.59 Å². The number of hydrogen-bond acceptors (Lipinski definition) is 4. The third kappa shape index (κ3) is 4.22. The molecule has 3 rings (SSSR count). The van der Waals surface area contributed by atoms with Crippen LogP contribution in [0.25, 0.3) is 11.6 Å². The van der Waals surface area contributed by atoms with E-state index >= 15 is 0 Å². The molecule has 0 atom stereocenters. The van der Waals surface area contributed by atoms with Crippen LogP contribution in [0.2, 0.25) is 5.02 Å². The number of halogens is 1. The minimum atomic E-state index is -0.233. The average molecular weight is 430 g/mol. The molecule has 7 nitrogen and oxygen atoms in total. The number of carbonyl (C=O) groups excluding carboxylic acids is 2. The van der Waals surface area contributed by atoms with Crippen molar-refractivity contribution in [3.05, 3.63) is 45.2 Å². The Morgan fingerprint density at radius 3 is 2.63 bits per heavy atom. The van der Waals surface area contributed by atoms with Crippen molar-refractivity contribution in [1.29, 1.82) is 0 Å². The van der Waals surface area contributed by atoms with Crippen molar-refractivity contribution in [2.75, 3.05) is 37.2 Å². The second kappa shape index (κ2) is 8.93. The lowest BCUT2D eigenvalue weighted by atomic mass is 10.0. The maximum absolute atomic E-state index is 12.8. The molecule has 2 heterocycles. The van der Waals surface area contributed by atoms with Crippen molar-refractivity contribution in [2.45, 2.75) is 27.7 Å². The highest BCUT2D eigenvalue weighted by atomic mass is 35.5. The molecule has 8 heteroatoms. The van der Waals surface area contributed by atoms with E-state index < -0.39 is 0 Å². The molecule has 5 N–H and O–H groups in total. The van der Waals surface area contributed by atoms with Crippen LogP contribution in [0.4, 0.5) is 11.4 Å². The number of aryl methyl sites for hydroxylation is 1. The van der Waals surface area contributed by atoms with E-state index in [1.165, 1.54) is 0 Å². The molecule has 0 spiro atoms. The summed E-state index contributed by atoms with van der Waals surface area (Å²) >= 11 is 6.06. The number of nitrogens with two attached hydrogens (primary N) is 1. The number of fused-ring (bicyclic) bond motifs is 1. The van der Waals surface area contributed by atoms with Gasteiger partial charge in [-0.15, -0.1) is 0 Å². The maximum Gasteiger partial charge on any atom is 0.256 e. The van der Waals surface area contributed by atoms with Gasteiger partial charge in [0, 0.05) is 30.0 Å². The van der Waals surface area contributed by atoms with E-state index in [2.05, 4.69) is 34.4 Å². The quantitative estimate of drug-likeness (QED) is 0.400. The normalized spacial score (nSPS) is 14.3. The molecular formula is C22H28ClN5O2. The van der Waals surface area contributed by atoms with Gasteiger partial charge in [0.05, 0.1) is 27.5 Å². The zero-order chi connectivity index (χ0) is 22.0. The van der Waals surface area contributed by atoms with E-state index in [1.54, 1.807) is 18.2 Å². The number of H-pyrrole nitrogens is 1. The molecule has 0 saturated heterocycles. The van der Waals surface area contributed by atoms with Crippen molar-refractivity contribution in [1.82, 2.24) is 15.2 Å². The van der Waals surface area contributed by atoms with Crippen LogP contribution in [0.15, 0.2) is 12.1 Å². The van der Waals surface area contributed by atoms with Gasteiger partial charge in [0.2, 0.25) is 0 Å². The number of aromatic amines is 1. The van der Waals surface area contributed by atoms with Crippen LogP contribution in [0.1, 0.15) is 46.7 Å². The van der Waals surface area contributed by atoms with Crippen molar-refractivity contribution in [3.8, 4) is 0 Å². The maximum atomic E-state index is 12.8. The van der Waals surface area contributed by atoms with Crippen molar-refractivity contribution >= 4 is 46.4 Å². The first kappa shape index (κ1) is 21.9. The third-order valence-corrected chi connectivity index (χ3v) is 5.85. The molecule has 0 saturated carbocycles. The first-order valence-electron chi connectivity index (χ1n) is 10.1. The van der Waals surface area contributed by atoms with Crippen LogP contribution in [0.5, 0.6) is 0 Å². The van der Waals surface area contributed by atoms with Crippen molar-refractivity contribution in [2.24, 2.45) is 0 Å². The molecule has 1 aromatic carbocycles. The fourth-order valence-electron chi connectivity index (χ4n) is 3.73. The Balaban J connectivity index is 1.85. The summed E-state index contributed by atoms with van der Waals surface area (Å²) in [4.78, 5) is 30.7. The lowest BCUT2D eigenvalue weighted by molar-refractivity contribution is -0.110. The summed E-state index contributed by atoms with van der Waals surface area (Å²) in [6, 6.07) is 3.33. The molecule has 30 heavy (non-hydrogen) atoms. The molecule has 1 aromatic heterocycles. The second-order valence-corrected chi connectivity index (χ2v) is 7.79. The Labute approximate surface area is 181 Å². The van der Waals surface area contributed by atoms with Crippen LogP contribution in [0.3, 0.4) is 0 Å². The SMILES string of the molecule is CCN(CC)CCNC(=O)c1c(C)[nH]c(/C=C2\C(=O)Nc3cc(Cl)c(N)cc32)c1C. The van der Waals surface area contributed by atoms with Crippen LogP contribution in [-0.4, -0.2) is 47.9 Å². The Morgan fingerprint density at radius 2 is 1.97 bits per heavy atom. The number of nitrogen functional groups attached to an aromatic ring is 1. The Bertz CT molecular complexity index is 1020. The number of carbonyl (C=O) groups is 2. The van der Waals surface area contributed by atoms with Gasteiger partial charge in [-0.25, -0.2) is 0 Å². The summed E-state index contributed by atoms with van der Waals surface area (Å²) in [5.74, 6) is -0.353. The van der Waals surface area contributed by atoms with Crippen molar-refractivity contribution < 1.29 is 9.59 Å². The van der Waals surface area contributed by atoms with Gasteiger partial charge in [-0.2, -0.15) is 0 Å². The number of aromatic nitrogens is 1. The molecule has 0 unspecified atom stereocenters. The van der Waals surface area contributed by atoms with Gasteiger partial charge in [0.1, 0.15) is 0 Å². The largest absolute Gasteiger partial charge is 0.398 e. The lowest BCUT2D eigenvalue weighted by Crippen LogP contribution is -2.35. The minimum Gasteiger partial charge on any atom is -0.398 e. The molecule has 1 aliphatic heterocycles. The van der Waals surface area contributed by atoms with Crippen LogP contribution in [0, 0.1) is 13.8 Å². The predicted octanol–water partition coefficient (Wildman–Crippen LogP) is 3.43. The predicted molar refractivity (Wildman–Crippen MR) is 123 cm³/mol. The summed E-state index contributed by atoms with van der Waals surface area (Å²) in [7, 11) is 0. The topological polar surface area (TPSA) is 103 Å². The highest BCUT2D eigenvalue weighted by Crippen LogP contribution is 2.38. The monoisotopic (exact) mass is 429 g/mol. The lowest BCUT2D eigenvalue weighted by Gasteiger charge is -2.18. The molecule has 0 fully saturated rings. The van der Waals surface area contributed by atoms with Gasteiger partial charge in [-0.1, -0.05) is 25.4 Å². The minimum absolute atomic E-state index is 0.120. The number of benzene rings is 1. The van der Waals surface area contributed by atoms with E-state index in [0.717, 1.165) is 30.9 Å². The van der Waals surface area contributed by atoms with Gasteiger partial charge < -0.3 is 26.3 Å². The van der Waals surface area contributed by atoms with Gasteiger partial charge in [0.25, 0.3) is 11.8 Å². The van der Waals surface area contributed by atoms with Crippen LogP contribution >= 0.6 is 11.6 Å². The molecule has 0 radical (unpaired) electrons. The zero-order valence-corrected chi connectivity index (χ0v) is 18.5. The second-order valence-electron chi connectivity index (χ2n) is 7.38. The number of nitrogens with zero attached hydrogens (tertiary/aromatic N) is 1. The Kier molecular flexibility index (Phi) is 6.53. The summed E-state index contributed by atoms with van der Waals surface area (Å²) in [5, 5.41) is 6.19. The molecular weight excluding hydrogens is 402 g/mol. The average Bonchev–Trinajstić information content (AvgIpc) is 3.15. The molecule has 0 bridgehead atoms. The van der Waals surface area contributed by atoms with Crippen LogP contribution < -0.4 is 16.4 Å². The summed E-state index contributed by atoms with van der Waals surface area (Å²) in [6.45, 7) is 11.2. The van der Waals surface area contributed by atoms with E-state index in [-0.39, 0.29) is 11.8 Å². The van der Waals surface area contributed by atoms with Gasteiger partial charge in [-0.05, 0) is 50.7 Å². The third-order valence-electron chi connectivity index (χ3n) is 5.52. The number of likely N-dealkylation sites (N-methyl/N-ethyl adjacent to an activating group) is 1. The summed E-state index contributed by atoms with van der Waals surface area (Å²) in [6.07, 6.45) is 1.75. The first-order valence-corrected chi connectivity index (χ1v) is 10.5. The van der Waals surface area contributed by atoms with Crippen molar-refractivity contribution in [3.63, 3.8) is 0 Å². The summed E-state index contributed by atoms with van der Waals surface area (Å²) < 4.78 is 0. The number of hydrogen-bond donors (Lipinski definition) is 4. The highest BCUT2D eigenvalue weighted by molar-refractivity contribution is 6.38. The molecule has 160 valence electrons. The molecule has 2 amide bonds. The van der Waals surface area contributed by atoms with Gasteiger partial charge >= 0.3 is 0 Å². The van der Waals surface area contributed by atoms with E-state index in [0.29, 0.717) is 45.3 Å². The Hall–Kier alpha value is -2.77. The molecule has 0 aliphatic carbocycles. The molecule has 1 aliphatic rings. The Morgan fingerprint density at radius 1 is 1.27 bits per heavy atom. The summed E-state index contributed by atoms with van der Waals surface area (Å²) in [5.41, 5.74) is 11.0. The van der Waals surface area contributed by atoms with E-state index in [4.69, 9.17) is 17.3 Å². The van der Waals surface area contributed by atoms with Gasteiger partial charge in [-0.3, -0.25) is 9.59 Å².